The van der Waals surface area contributed by atoms with Crippen LogP contribution in [0.15, 0.2) is 0 Å². The molecule has 1 aromatic heterocycles. The summed E-state index contributed by atoms with van der Waals surface area (Å²) in [5.74, 6) is 1.38. The molecule has 0 fully saturated rings. The van der Waals surface area contributed by atoms with Crippen LogP contribution >= 0.6 is 0 Å². The monoisotopic (exact) mass is 235 g/mol. The lowest BCUT2D eigenvalue weighted by molar-refractivity contribution is 0.200. The Kier molecular flexibility index (Phi) is 4.07. The van der Waals surface area contributed by atoms with E-state index in [1.54, 1.807) is 7.11 Å². The van der Waals surface area contributed by atoms with E-state index >= 15 is 0 Å². The van der Waals surface area contributed by atoms with Gasteiger partial charge in [-0.1, -0.05) is 13.8 Å². The van der Waals surface area contributed by atoms with E-state index in [1.807, 2.05) is 0 Å². The molecule has 1 aromatic rings. The van der Waals surface area contributed by atoms with Crippen molar-refractivity contribution >= 4 is 0 Å². The van der Waals surface area contributed by atoms with E-state index in [1.165, 1.54) is 17.0 Å². The molecule has 0 aliphatic carbocycles. The number of rotatable bonds is 4. The van der Waals surface area contributed by atoms with E-state index in [4.69, 9.17) is 9.72 Å². The van der Waals surface area contributed by atoms with Crippen molar-refractivity contribution in [2.24, 2.45) is 0 Å². The van der Waals surface area contributed by atoms with Crippen molar-refractivity contribution in [3.05, 3.63) is 22.8 Å². The van der Waals surface area contributed by atoms with Gasteiger partial charge >= 0.3 is 0 Å². The Morgan fingerprint density at radius 3 is 2.88 bits per heavy atom. The Bertz CT molecular complexity index is 390. The normalized spacial score (nSPS) is 15.1. The molecule has 0 saturated carbocycles. The lowest BCUT2D eigenvalue weighted by Gasteiger charge is -2.21. The number of methoxy groups -OCH3 is 1. The van der Waals surface area contributed by atoms with Crippen LogP contribution in [0, 0.1) is 0 Å². The summed E-state index contributed by atoms with van der Waals surface area (Å²) < 4.78 is 5.10. The van der Waals surface area contributed by atoms with Crippen molar-refractivity contribution in [3.8, 4) is 0 Å². The summed E-state index contributed by atoms with van der Waals surface area (Å²) in [5.41, 5.74) is 3.74. The Balaban J connectivity index is 2.34. The fourth-order valence-corrected chi connectivity index (χ4v) is 2.20. The maximum atomic E-state index is 5.10. The molecule has 0 bridgehead atoms. The number of ether oxygens (including phenoxy) is 1. The average Bonchev–Trinajstić information content (AvgIpc) is 2.35. The fraction of sp³-hybridized carbons (Fsp3) is 0.692. The van der Waals surface area contributed by atoms with Gasteiger partial charge < -0.3 is 10.1 Å². The third-order valence-electron chi connectivity index (χ3n) is 3.09. The lowest BCUT2D eigenvalue weighted by atomic mass is 9.98. The predicted molar refractivity (Wildman–Crippen MR) is 67.1 cm³/mol. The Labute approximate surface area is 103 Å². The van der Waals surface area contributed by atoms with Crippen LogP contribution in [-0.4, -0.2) is 30.2 Å². The number of nitrogens with one attached hydrogen (secondary N) is 1. The van der Waals surface area contributed by atoms with Crippen molar-refractivity contribution in [2.75, 3.05) is 20.3 Å². The van der Waals surface area contributed by atoms with Gasteiger partial charge in [0, 0.05) is 38.6 Å². The van der Waals surface area contributed by atoms with Crippen LogP contribution < -0.4 is 5.32 Å². The topological polar surface area (TPSA) is 47.0 Å². The SMILES string of the molecule is COCCc1nc2c(c(C(C)C)n1)CNCC2. The zero-order valence-electron chi connectivity index (χ0n) is 10.9. The quantitative estimate of drug-likeness (QED) is 0.857. The van der Waals surface area contributed by atoms with Gasteiger partial charge in [-0.25, -0.2) is 9.97 Å². The fourth-order valence-electron chi connectivity index (χ4n) is 2.20. The Hall–Kier alpha value is -1.00. The molecule has 1 aliphatic heterocycles. The standard InChI is InChI=1S/C13H21N3O/c1-9(2)13-10-8-14-6-4-11(10)15-12(16-13)5-7-17-3/h9,14H,4-8H2,1-3H3. The molecule has 17 heavy (non-hydrogen) atoms. The summed E-state index contributed by atoms with van der Waals surface area (Å²) in [4.78, 5) is 9.35. The van der Waals surface area contributed by atoms with Crippen LogP contribution in [0.1, 0.15) is 42.5 Å². The first-order valence-corrected chi connectivity index (χ1v) is 6.30. The van der Waals surface area contributed by atoms with Gasteiger partial charge in [-0.3, -0.25) is 0 Å². The first-order chi connectivity index (χ1) is 8.22. The summed E-state index contributed by atoms with van der Waals surface area (Å²) in [6.45, 7) is 7.00. The van der Waals surface area contributed by atoms with Gasteiger partial charge in [-0.2, -0.15) is 0 Å². The maximum absolute atomic E-state index is 5.10. The average molecular weight is 235 g/mol. The van der Waals surface area contributed by atoms with Crippen molar-refractivity contribution in [1.82, 2.24) is 15.3 Å². The number of nitrogens with zero attached hydrogens (tertiary/aromatic N) is 2. The van der Waals surface area contributed by atoms with Gasteiger partial charge in [0.2, 0.25) is 0 Å². The molecule has 0 saturated heterocycles. The maximum Gasteiger partial charge on any atom is 0.131 e. The molecule has 0 unspecified atom stereocenters. The molecule has 0 spiro atoms. The van der Waals surface area contributed by atoms with Crippen molar-refractivity contribution < 1.29 is 4.74 Å². The molecule has 0 radical (unpaired) electrons. The molecular weight excluding hydrogens is 214 g/mol. The first-order valence-electron chi connectivity index (χ1n) is 6.30. The zero-order chi connectivity index (χ0) is 12.3. The largest absolute Gasteiger partial charge is 0.384 e. The predicted octanol–water partition coefficient (Wildman–Crippen LogP) is 1.43. The van der Waals surface area contributed by atoms with Gasteiger partial charge in [-0.05, 0) is 5.92 Å². The highest BCUT2D eigenvalue weighted by molar-refractivity contribution is 5.30. The Morgan fingerprint density at radius 1 is 1.35 bits per heavy atom. The minimum atomic E-state index is 0.452. The minimum absolute atomic E-state index is 0.452. The zero-order valence-corrected chi connectivity index (χ0v) is 10.9. The molecule has 0 atom stereocenters. The van der Waals surface area contributed by atoms with E-state index in [0.717, 1.165) is 31.8 Å². The van der Waals surface area contributed by atoms with Gasteiger partial charge in [0.05, 0.1) is 18.0 Å². The minimum Gasteiger partial charge on any atom is -0.384 e. The summed E-state index contributed by atoms with van der Waals surface area (Å²) >= 11 is 0. The van der Waals surface area contributed by atoms with E-state index < -0.39 is 0 Å². The van der Waals surface area contributed by atoms with E-state index in [2.05, 4.69) is 24.1 Å². The number of fused-ring (bicyclic) bond motifs is 1. The lowest BCUT2D eigenvalue weighted by Crippen LogP contribution is -2.27. The molecule has 0 aromatic carbocycles. The van der Waals surface area contributed by atoms with Crippen molar-refractivity contribution in [3.63, 3.8) is 0 Å². The van der Waals surface area contributed by atoms with Crippen molar-refractivity contribution in [2.45, 2.75) is 39.2 Å². The molecule has 4 heteroatoms. The molecule has 1 aliphatic rings. The highest BCUT2D eigenvalue weighted by atomic mass is 16.5. The van der Waals surface area contributed by atoms with Crippen LogP contribution in [-0.2, 0) is 24.1 Å². The summed E-state index contributed by atoms with van der Waals surface area (Å²) in [7, 11) is 1.71. The summed E-state index contributed by atoms with van der Waals surface area (Å²) in [6, 6.07) is 0. The van der Waals surface area contributed by atoms with Crippen LogP contribution in [0.4, 0.5) is 0 Å². The van der Waals surface area contributed by atoms with Gasteiger partial charge in [0.1, 0.15) is 5.82 Å². The molecule has 2 heterocycles. The molecule has 0 amide bonds. The molecular formula is C13H21N3O. The molecule has 94 valence electrons. The van der Waals surface area contributed by atoms with Crippen LogP contribution in [0.3, 0.4) is 0 Å². The highest BCUT2D eigenvalue weighted by Gasteiger charge is 2.18. The Morgan fingerprint density at radius 2 is 2.18 bits per heavy atom. The number of hydrogen-bond acceptors (Lipinski definition) is 4. The third kappa shape index (κ3) is 2.82. The molecule has 1 N–H and O–H groups in total. The van der Waals surface area contributed by atoms with E-state index in [-0.39, 0.29) is 0 Å². The van der Waals surface area contributed by atoms with Gasteiger partial charge in [0.15, 0.2) is 0 Å². The van der Waals surface area contributed by atoms with Gasteiger partial charge in [0.25, 0.3) is 0 Å². The van der Waals surface area contributed by atoms with Crippen molar-refractivity contribution in [1.29, 1.82) is 0 Å². The van der Waals surface area contributed by atoms with Crippen LogP contribution in [0.2, 0.25) is 0 Å². The third-order valence-corrected chi connectivity index (χ3v) is 3.09. The summed E-state index contributed by atoms with van der Waals surface area (Å²) in [5, 5.41) is 3.39. The van der Waals surface area contributed by atoms with E-state index in [0.29, 0.717) is 12.5 Å². The first kappa shape index (κ1) is 12.5. The number of hydrogen-bond donors (Lipinski definition) is 1. The van der Waals surface area contributed by atoms with Crippen LogP contribution in [0.25, 0.3) is 0 Å². The smallest absolute Gasteiger partial charge is 0.131 e. The van der Waals surface area contributed by atoms with Gasteiger partial charge in [-0.15, -0.1) is 0 Å². The molecule has 4 nitrogen and oxygen atoms in total. The second kappa shape index (κ2) is 5.56. The van der Waals surface area contributed by atoms with Crippen LogP contribution in [0.5, 0.6) is 0 Å². The second-order valence-corrected chi connectivity index (χ2v) is 4.77. The number of aromatic nitrogens is 2. The molecule has 2 rings (SSSR count). The summed E-state index contributed by atoms with van der Waals surface area (Å²) in [6.07, 6.45) is 1.81. The van der Waals surface area contributed by atoms with E-state index in [9.17, 15) is 0 Å². The second-order valence-electron chi connectivity index (χ2n) is 4.77. The highest BCUT2D eigenvalue weighted by Crippen LogP contribution is 2.22.